The fourth-order valence-corrected chi connectivity index (χ4v) is 6.05. The second-order valence-electron chi connectivity index (χ2n) is 14.4. The largest absolute Gasteiger partial charge is 0.619 e. The number of rotatable bonds is 19. The van der Waals surface area contributed by atoms with Crippen LogP contribution in [0.5, 0.6) is 0 Å². The highest BCUT2D eigenvalue weighted by Crippen LogP contribution is 2.21. The molecule has 0 bridgehead atoms. The summed E-state index contributed by atoms with van der Waals surface area (Å²) in [4.78, 5) is 53.5. The lowest BCUT2D eigenvalue weighted by Gasteiger charge is -2.29. The molecule has 0 spiro atoms. The molecule has 0 saturated heterocycles. The first kappa shape index (κ1) is 42.4. The molecule has 14 nitrogen and oxygen atoms in total. The first-order valence-electron chi connectivity index (χ1n) is 17.6. The van der Waals surface area contributed by atoms with Gasteiger partial charge in [-0.1, -0.05) is 76.6 Å². The molecule has 15 heteroatoms. The highest BCUT2D eigenvalue weighted by molar-refractivity contribution is 7.92. The van der Waals surface area contributed by atoms with Crippen molar-refractivity contribution in [2.45, 2.75) is 91.0 Å². The molecule has 288 valence electrons. The van der Waals surface area contributed by atoms with Crippen molar-refractivity contribution in [3.05, 3.63) is 101 Å². The summed E-state index contributed by atoms with van der Waals surface area (Å²) in [5.74, 6) is -1.67. The maximum Gasteiger partial charge on any atom is 0.252 e. The average Bonchev–Trinajstić information content (AvgIpc) is 3.08. The van der Waals surface area contributed by atoms with Crippen molar-refractivity contribution in [1.82, 2.24) is 26.6 Å². The van der Waals surface area contributed by atoms with E-state index in [0.717, 1.165) is 17.4 Å². The summed E-state index contributed by atoms with van der Waals surface area (Å²) in [5.41, 5.74) is 2.06. The van der Waals surface area contributed by atoms with Crippen LogP contribution >= 0.6 is 0 Å². The van der Waals surface area contributed by atoms with Gasteiger partial charge in [-0.15, -0.1) is 0 Å². The molecular weight excluding hydrogens is 699 g/mol. The number of benzene rings is 2. The average molecular weight is 752 g/mol. The molecule has 0 aliphatic rings. The Morgan fingerprint density at radius 3 is 2.02 bits per heavy atom. The van der Waals surface area contributed by atoms with Gasteiger partial charge in [0.1, 0.15) is 12.1 Å². The Bertz CT molecular complexity index is 1760. The van der Waals surface area contributed by atoms with E-state index in [4.69, 9.17) is 0 Å². The first-order chi connectivity index (χ1) is 24.9. The van der Waals surface area contributed by atoms with Crippen LogP contribution in [-0.4, -0.2) is 69.0 Å². The number of hydrogen-bond donors (Lipinski definition) is 6. The number of pyridine rings is 1. The van der Waals surface area contributed by atoms with Crippen molar-refractivity contribution in [2.24, 2.45) is 5.41 Å². The number of sulfonamides is 1. The third kappa shape index (κ3) is 15.6. The Balaban J connectivity index is 1.67. The minimum atomic E-state index is -3.40. The lowest BCUT2D eigenvalue weighted by molar-refractivity contribution is -0.605. The lowest BCUT2D eigenvalue weighted by Crippen LogP contribution is -2.57. The van der Waals surface area contributed by atoms with Crippen LogP contribution in [0, 0.1) is 10.6 Å². The molecule has 1 aromatic heterocycles. The quantitative estimate of drug-likeness (QED) is 0.0793. The van der Waals surface area contributed by atoms with Gasteiger partial charge in [-0.3, -0.25) is 23.9 Å². The van der Waals surface area contributed by atoms with Crippen LogP contribution < -0.4 is 36.0 Å². The smallest absolute Gasteiger partial charge is 0.252 e. The number of carbonyl (C=O) groups excluding carboxylic acids is 4. The maximum atomic E-state index is 13.8. The van der Waals surface area contributed by atoms with Gasteiger partial charge in [0.25, 0.3) is 5.91 Å². The van der Waals surface area contributed by atoms with E-state index in [9.17, 15) is 32.8 Å². The fraction of sp³-hybridized carbons (Fsp3) is 0.447. The molecule has 0 saturated carbocycles. The molecular formula is C38H53N7O7S. The number of nitrogens with one attached hydrogen (secondary N) is 6. The second-order valence-corrected chi connectivity index (χ2v) is 16.1. The molecule has 3 rings (SSSR count). The van der Waals surface area contributed by atoms with Crippen LogP contribution in [0.2, 0.25) is 0 Å². The van der Waals surface area contributed by atoms with Gasteiger partial charge in [0.2, 0.25) is 27.7 Å². The van der Waals surface area contributed by atoms with Crippen molar-refractivity contribution in [3.8, 4) is 0 Å². The molecule has 53 heavy (non-hydrogen) atoms. The summed E-state index contributed by atoms with van der Waals surface area (Å²) in [6.45, 7) is 9.93. The Kier molecular flexibility index (Phi) is 15.8. The summed E-state index contributed by atoms with van der Waals surface area (Å²) in [6.07, 6.45) is 5.18. The summed E-state index contributed by atoms with van der Waals surface area (Å²) in [7, 11) is -3.40. The Hall–Kier alpha value is -5.02. The van der Waals surface area contributed by atoms with Crippen LogP contribution in [0.4, 0.5) is 5.69 Å². The minimum Gasteiger partial charge on any atom is -0.619 e. The van der Waals surface area contributed by atoms with Gasteiger partial charge in [0.05, 0.1) is 17.9 Å². The number of aromatic nitrogens is 1. The first-order valence-corrected chi connectivity index (χ1v) is 19.5. The minimum absolute atomic E-state index is 0.226. The molecule has 0 unspecified atom stereocenters. The van der Waals surface area contributed by atoms with E-state index in [2.05, 4.69) is 31.3 Å². The van der Waals surface area contributed by atoms with Crippen molar-refractivity contribution in [1.29, 1.82) is 0 Å². The topological polar surface area (TPSA) is 202 Å². The molecule has 0 fully saturated rings. The molecule has 3 aromatic rings. The third-order valence-electron chi connectivity index (χ3n) is 8.17. The standard InChI is InChI=1S/C38H53N7O7S/c1-7-11-32(42-37(49)33(23-38(3,4)5)43-35(47)29-18-20-45(50)21-19-29)36(48)41-31(22-27-12-9-8-10-13-27)25-39-26(2)34(46)40-24-28-14-16-30(17-15-28)44-53(6,51)52/h8-10,12-21,26,31-33,39,44H,7,11,22-25H2,1-6H3,(H,40,46)(H,41,48)(H,42,49)(H,43,47)/t26-,31-,32-,33-/m0/s1. The van der Waals surface area contributed by atoms with Gasteiger partial charge in [-0.25, -0.2) is 8.42 Å². The predicted molar refractivity (Wildman–Crippen MR) is 204 cm³/mol. The Morgan fingerprint density at radius 1 is 0.811 bits per heavy atom. The van der Waals surface area contributed by atoms with E-state index in [1.54, 1.807) is 31.2 Å². The van der Waals surface area contributed by atoms with Crippen molar-refractivity contribution in [2.75, 3.05) is 17.5 Å². The van der Waals surface area contributed by atoms with Crippen molar-refractivity contribution < 1.29 is 32.3 Å². The van der Waals surface area contributed by atoms with Crippen molar-refractivity contribution >= 4 is 39.3 Å². The molecule has 4 atom stereocenters. The van der Waals surface area contributed by atoms with E-state index in [1.807, 2.05) is 58.0 Å². The van der Waals surface area contributed by atoms with Crippen LogP contribution in [-0.2, 0) is 37.4 Å². The lowest BCUT2D eigenvalue weighted by atomic mass is 9.87. The highest BCUT2D eigenvalue weighted by Gasteiger charge is 2.31. The molecule has 0 aliphatic carbocycles. The second kappa shape index (κ2) is 19.7. The summed E-state index contributed by atoms with van der Waals surface area (Å²) in [5, 5.41) is 26.3. The molecule has 4 amide bonds. The Morgan fingerprint density at radius 2 is 1.43 bits per heavy atom. The van der Waals surface area contributed by atoms with E-state index >= 15 is 0 Å². The van der Waals surface area contributed by atoms with Crippen LogP contribution in [0.25, 0.3) is 0 Å². The van der Waals surface area contributed by atoms with Gasteiger partial charge >= 0.3 is 0 Å². The van der Waals surface area contributed by atoms with Crippen LogP contribution in [0.1, 0.15) is 75.4 Å². The van der Waals surface area contributed by atoms with E-state index in [-0.39, 0.29) is 30.0 Å². The highest BCUT2D eigenvalue weighted by atomic mass is 32.2. The summed E-state index contributed by atoms with van der Waals surface area (Å²) >= 11 is 0. The maximum absolute atomic E-state index is 13.8. The van der Waals surface area contributed by atoms with E-state index in [1.165, 1.54) is 24.5 Å². The molecule has 0 aliphatic heterocycles. The molecule has 6 N–H and O–H groups in total. The zero-order chi connectivity index (χ0) is 39.2. The van der Waals surface area contributed by atoms with Gasteiger partial charge in [0, 0.05) is 37.0 Å². The van der Waals surface area contributed by atoms with Crippen LogP contribution in [0.3, 0.4) is 0 Å². The zero-order valence-corrected chi connectivity index (χ0v) is 32.1. The van der Waals surface area contributed by atoms with Gasteiger partial charge in [-0.2, -0.15) is 4.73 Å². The van der Waals surface area contributed by atoms with Gasteiger partial charge < -0.3 is 31.8 Å². The zero-order valence-electron chi connectivity index (χ0n) is 31.3. The number of anilines is 1. The number of carbonyl (C=O) groups is 4. The monoisotopic (exact) mass is 751 g/mol. The SMILES string of the molecule is CCC[C@H](NC(=O)[C@H](CC(C)(C)C)NC(=O)c1cc[n+]([O-])cc1)C(=O)N[C@H](CN[C@@H](C)C(=O)NCc1ccc(NS(C)(=O)=O)cc1)Cc1ccccc1. The molecule has 2 aromatic carbocycles. The third-order valence-corrected chi connectivity index (χ3v) is 8.78. The van der Waals surface area contributed by atoms with E-state index < -0.39 is 51.9 Å². The molecule has 0 radical (unpaired) electrons. The number of amides is 4. The Labute approximate surface area is 312 Å². The van der Waals surface area contributed by atoms with E-state index in [0.29, 0.717) is 36.1 Å². The number of hydrogen-bond acceptors (Lipinski definition) is 8. The van der Waals surface area contributed by atoms with Crippen LogP contribution in [0.15, 0.2) is 79.1 Å². The predicted octanol–water partition coefficient (Wildman–Crippen LogP) is 2.53. The molecule has 1 heterocycles. The van der Waals surface area contributed by atoms with Gasteiger partial charge in [0.15, 0.2) is 12.4 Å². The van der Waals surface area contributed by atoms with Crippen molar-refractivity contribution in [3.63, 3.8) is 0 Å². The summed E-state index contributed by atoms with van der Waals surface area (Å²) in [6, 6.07) is 16.1. The number of nitrogens with zero attached hydrogens (tertiary/aromatic N) is 1. The van der Waals surface area contributed by atoms with Gasteiger partial charge in [-0.05, 0) is 54.9 Å². The fourth-order valence-electron chi connectivity index (χ4n) is 5.49. The summed E-state index contributed by atoms with van der Waals surface area (Å²) < 4.78 is 25.9. The normalized spacial score (nSPS) is 13.8.